The van der Waals surface area contributed by atoms with Crippen LogP contribution in [-0.4, -0.2) is 33.0 Å². The number of carbonyl (C=O) groups is 1. The quantitative estimate of drug-likeness (QED) is 0.799. The number of nitrogens with zero attached hydrogens (tertiary/aromatic N) is 4. The van der Waals surface area contributed by atoms with Gasteiger partial charge in [-0.2, -0.15) is 5.26 Å². The summed E-state index contributed by atoms with van der Waals surface area (Å²) in [6, 6.07) is 13.2. The average molecular weight is 352 g/mol. The number of aromatic nitrogens is 2. The lowest BCUT2D eigenvalue weighted by molar-refractivity contribution is 0.0680. The van der Waals surface area contributed by atoms with Crippen LogP contribution in [0.3, 0.4) is 0 Å². The van der Waals surface area contributed by atoms with Crippen molar-refractivity contribution < 1.29 is 4.79 Å². The van der Waals surface area contributed by atoms with Crippen molar-refractivity contribution in [1.29, 1.82) is 5.26 Å². The molecule has 0 saturated carbocycles. The summed E-state index contributed by atoms with van der Waals surface area (Å²) in [7, 11) is 2.85. The monoisotopic (exact) mass is 352 g/mol. The highest BCUT2D eigenvalue weighted by atomic mass is 16.2. The average Bonchev–Trinajstić information content (AvgIpc) is 2.69. The third-order valence-corrected chi connectivity index (χ3v) is 5.19. The Bertz CT molecular complexity index is 990. The Morgan fingerprint density at radius 3 is 2.27 bits per heavy atom. The summed E-state index contributed by atoms with van der Waals surface area (Å²) in [6.45, 7) is 0.787. The van der Waals surface area contributed by atoms with Crippen LogP contribution in [0.1, 0.15) is 28.9 Å². The third-order valence-electron chi connectivity index (χ3n) is 5.19. The first-order valence-corrected chi connectivity index (χ1v) is 8.43. The molecule has 0 unspecified atom stereocenters. The van der Waals surface area contributed by atoms with Crippen LogP contribution in [-0.2, 0) is 19.5 Å². The molecule has 26 heavy (non-hydrogen) atoms. The molecule has 2 aromatic rings. The second kappa shape index (κ2) is 6.64. The van der Waals surface area contributed by atoms with Gasteiger partial charge in [0, 0.05) is 33.3 Å². The minimum atomic E-state index is -0.614. The van der Waals surface area contributed by atoms with E-state index >= 15 is 0 Å². The highest BCUT2D eigenvalue weighted by Crippen LogP contribution is 2.35. The van der Waals surface area contributed by atoms with Gasteiger partial charge in [-0.15, -0.1) is 0 Å². The lowest BCUT2D eigenvalue weighted by Crippen LogP contribution is -2.47. The maximum atomic E-state index is 12.8. The molecule has 1 saturated heterocycles. The van der Waals surface area contributed by atoms with Crippen LogP contribution in [0.15, 0.2) is 46.0 Å². The van der Waals surface area contributed by atoms with E-state index in [0.717, 1.165) is 10.1 Å². The largest absolute Gasteiger partial charge is 0.337 e. The van der Waals surface area contributed by atoms with E-state index in [2.05, 4.69) is 6.07 Å². The van der Waals surface area contributed by atoms with E-state index in [1.165, 1.54) is 24.7 Å². The molecule has 0 spiro atoms. The van der Waals surface area contributed by atoms with Gasteiger partial charge in [0.05, 0.1) is 11.5 Å². The van der Waals surface area contributed by atoms with Gasteiger partial charge in [-0.25, -0.2) is 4.79 Å². The van der Waals surface area contributed by atoms with Crippen molar-refractivity contribution in [2.24, 2.45) is 14.1 Å². The first-order chi connectivity index (χ1) is 12.4. The molecular weight excluding hydrogens is 332 g/mol. The van der Waals surface area contributed by atoms with Gasteiger partial charge in [0.2, 0.25) is 0 Å². The van der Waals surface area contributed by atoms with Crippen LogP contribution < -0.4 is 11.2 Å². The van der Waals surface area contributed by atoms with E-state index in [1.807, 2.05) is 30.3 Å². The van der Waals surface area contributed by atoms with Gasteiger partial charge < -0.3 is 4.90 Å². The molecule has 7 heteroatoms. The molecule has 0 aliphatic carbocycles. The van der Waals surface area contributed by atoms with Crippen LogP contribution >= 0.6 is 0 Å². The standard InChI is InChI=1S/C19H20N4O3/c1-21-15(12-16(24)22(2)18(21)26)17(25)23-10-8-19(13-20,9-11-23)14-6-4-3-5-7-14/h3-7,12H,8-11H2,1-2H3. The second-order valence-electron chi connectivity index (χ2n) is 6.62. The zero-order valence-corrected chi connectivity index (χ0v) is 14.8. The number of hydrogen-bond acceptors (Lipinski definition) is 4. The van der Waals surface area contributed by atoms with Gasteiger partial charge in [0.15, 0.2) is 0 Å². The zero-order valence-electron chi connectivity index (χ0n) is 14.8. The summed E-state index contributed by atoms with van der Waals surface area (Å²) >= 11 is 0. The lowest BCUT2D eigenvalue weighted by Gasteiger charge is -2.37. The van der Waals surface area contributed by atoms with Crippen LogP contribution in [0, 0.1) is 11.3 Å². The molecule has 1 amide bonds. The fourth-order valence-corrected chi connectivity index (χ4v) is 3.41. The number of piperidine rings is 1. The number of nitriles is 1. The summed E-state index contributed by atoms with van der Waals surface area (Å²) in [5.74, 6) is -0.359. The molecule has 3 rings (SSSR count). The minimum Gasteiger partial charge on any atom is -0.337 e. The Hall–Kier alpha value is -3.14. The molecule has 1 aliphatic heterocycles. The van der Waals surface area contributed by atoms with Crippen molar-refractivity contribution in [3.05, 3.63) is 68.5 Å². The van der Waals surface area contributed by atoms with Crippen LogP contribution in [0.2, 0.25) is 0 Å². The van der Waals surface area contributed by atoms with E-state index in [9.17, 15) is 19.6 Å². The van der Waals surface area contributed by atoms with E-state index in [-0.39, 0.29) is 11.6 Å². The summed E-state index contributed by atoms with van der Waals surface area (Å²) in [4.78, 5) is 38.3. The van der Waals surface area contributed by atoms with Crippen LogP contribution in [0.4, 0.5) is 0 Å². The minimum absolute atomic E-state index is 0.0715. The van der Waals surface area contributed by atoms with Crippen LogP contribution in [0.25, 0.3) is 0 Å². The van der Waals surface area contributed by atoms with Crippen molar-refractivity contribution in [1.82, 2.24) is 14.0 Å². The predicted octanol–water partition coefficient (Wildman–Crippen LogP) is 0.782. The highest BCUT2D eigenvalue weighted by molar-refractivity contribution is 5.92. The number of hydrogen-bond donors (Lipinski definition) is 0. The topological polar surface area (TPSA) is 88.1 Å². The lowest BCUT2D eigenvalue weighted by atomic mass is 9.74. The molecule has 1 aliphatic rings. The third kappa shape index (κ3) is 2.84. The molecule has 1 fully saturated rings. The fourth-order valence-electron chi connectivity index (χ4n) is 3.41. The van der Waals surface area contributed by atoms with Crippen molar-refractivity contribution >= 4 is 5.91 Å². The van der Waals surface area contributed by atoms with Crippen molar-refractivity contribution in [3.8, 4) is 6.07 Å². The number of likely N-dealkylation sites (tertiary alicyclic amines) is 1. The van der Waals surface area contributed by atoms with E-state index in [1.54, 1.807) is 4.90 Å². The predicted molar refractivity (Wildman–Crippen MR) is 95.8 cm³/mol. The number of rotatable bonds is 2. The van der Waals surface area contributed by atoms with Gasteiger partial charge >= 0.3 is 5.69 Å². The van der Waals surface area contributed by atoms with E-state index < -0.39 is 16.7 Å². The van der Waals surface area contributed by atoms with Crippen molar-refractivity contribution in [2.45, 2.75) is 18.3 Å². The van der Waals surface area contributed by atoms with Gasteiger partial charge in [-0.1, -0.05) is 30.3 Å². The molecular formula is C19H20N4O3. The fraction of sp³-hybridized carbons (Fsp3) is 0.368. The molecule has 0 atom stereocenters. The number of carbonyl (C=O) groups excluding carboxylic acids is 1. The summed E-state index contributed by atoms with van der Waals surface area (Å²) in [5.41, 5.74) is -0.632. The number of amides is 1. The molecule has 1 aromatic carbocycles. The summed E-state index contributed by atoms with van der Waals surface area (Å²) in [6.07, 6.45) is 1.02. The first-order valence-electron chi connectivity index (χ1n) is 8.43. The summed E-state index contributed by atoms with van der Waals surface area (Å²) < 4.78 is 2.15. The molecule has 1 aromatic heterocycles. The molecule has 0 bridgehead atoms. The van der Waals surface area contributed by atoms with Gasteiger partial charge in [-0.3, -0.25) is 18.7 Å². The van der Waals surface area contributed by atoms with Crippen molar-refractivity contribution in [3.63, 3.8) is 0 Å². The zero-order chi connectivity index (χ0) is 18.9. The molecule has 2 heterocycles. The Labute approximate surface area is 150 Å². The smallest absolute Gasteiger partial charge is 0.331 e. The molecule has 134 valence electrons. The SMILES string of the molecule is Cn1c(C(=O)N2CCC(C#N)(c3ccccc3)CC2)cc(=O)n(C)c1=O. The van der Waals surface area contributed by atoms with Crippen molar-refractivity contribution in [2.75, 3.05) is 13.1 Å². The first kappa shape index (κ1) is 17.7. The normalized spacial score (nSPS) is 16.1. The molecule has 0 N–H and O–H groups in total. The van der Waals surface area contributed by atoms with E-state index in [0.29, 0.717) is 25.9 Å². The Balaban J connectivity index is 1.85. The number of benzene rings is 1. The Kier molecular flexibility index (Phi) is 4.51. The Morgan fingerprint density at radius 1 is 1.08 bits per heavy atom. The summed E-state index contributed by atoms with van der Waals surface area (Å²) in [5, 5.41) is 9.74. The second-order valence-corrected chi connectivity index (χ2v) is 6.62. The highest BCUT2D eigenvalue weighted by Gasteiger charge is 2.38. The van der Waals surface area contributed by atoms with Gasteiger partial charge in [-0.05, 0) is 18.4 Å². The Morgan fingerprint density at radius 2 is 1.69 bits per heavy atom. The van der Waals surface area contributed by atoms with Gasteiger partial charge in [0.1, 0.15) is 5.69 Å². The maximum Gasteiger partial charge on any atom is 0.331 e. The van der Waals surface area contributed by atoms with Crippen LogP contribution in [0.5, 0.6) is 0 Å². The van der Waals surface area contributed by atoms with Gasteiger partial charge in [0.25, 0.3) is 11.5 Å². The molecule has 0 radical (unpaired) electrons. The maximum absolute atomic E-state index is 12.8. The molecule has 7 nitrogen and oxygen atoms in total. The van der Waals surface area contributed by atoms with E-state index in [4.69, 9.17) is 0 Å².